The van der Waals surface area contributed by atoms with Crippen molar-refractivity contribution in [2.45, 2.75) is 44.4 Å². The summed E-state index contributed by atoms with van der Waals surface area (Å²) in [5.41, 5.74) is -0.111. The number of carboxylic acids is 1. The summed E-state index contributed by atoms with van der Waals surface area (Å²) >= 11 is 2.02. The van der Waals surface area contributed by atoms with E-state index in [-0.39, 0.29) is 6.42 Å². The molecular weight excluding hydrogens is 342 g/mol. The molecule has 0 radical (unpaired) electrons. The molecule has 0 saturated heterocycles. The normalized spacial score (nSPS) is 16.5. The maximum atomic E-state index is 12.3. The summed E-state index contributed by atoms with van der Waals surface area (Å²) in [4.78, 5) is 11.2. The predicted molar refractivity (Wildman–Crippen MR) is 84.8 cm³/mol. The van der Waals surface area contributed by atoms with E-state index in [1.807, 2.05) is 45.0 Å². The molecule has 0 bridgehead atoms. The Morgan fingerprint density at radius 2 is 2.00 bits per heavy atom. The minimum atomic E-state index is -1.36. The molecule has 0 saturated carbocycles. The van der Waals surface area contributed by atoms with Crippen LogP contribution in [0.3, 0.4) is 0 Å². The summed E-state index contributed by atoms with van der Waals surface area (Å²) < 4.78 is 15.7. The standard InChI is InChI=1S/C14H20BrNO3S/c1-13(2,3)20(19)16-14(4,9-12(17)18)10-6-5-7-11(15)8-10/h5-8,16H,9H2,1-4H3,(H,17,18). The van der Waals surface area contributed by atoms with Crippen LogP contribution in [0.25, 0.3) is 0 Å². The van der Waals surface area contributed by atoms with Crippen LogP contribution in [0.15, 0.2) is 28.7 Å². The monoisotopic (exact) mass is 361 g/mol. The predicted octanol–water partition coefficient (Wildman–Crippen LogP) is 3.19. The van der Waals surface area contributed by atoms with Gasteiger partial charge >= 0.3 is 5.97 Å². The SMILES string of the molecule is CC(CC(=O)O)(N[S+]([O-])C(C)(C)C)c1cccc(Br)c1. The zero-order valence-corrected chi connectivity index (χ0v) is 14.5. The molecule has 0 aliphatic heterocycles. The number of benzene rings is 1. The third-order valence-electron chi connectivity index (χ3n) is 2.84. The lowest BCUT2D eigenvalue weighted by Gasteiger charge is -2.34. The van der Waals surface area contributed by atoms with E-state index >= 15 is 0 Å². The topological polar surface area (TPSA) is 72.4 Å². The molecule has 0 aromatic heterocycles. The highest BCUT2D eigenvalue weighted by Crippen LogP contribution is 2.30. The van der Waals surface area contributed by atoms with Crippen molar-refractivity contribution in [1.29, 1.82) is 0 Å². The Kier molecular flexibility index (Phi) is 5.66. The molecule has 4 nitrogen and oxygen atoms in total. The molecule has 1 aromatic carbocycles. The van der Waals surface area contributed by atoms with E-state index in [2.05, 4.69) is 20.7 Å². The number of hydrogen-bond donors (Lipinski definition) is 2. The first kappa shape index (κ1) is 17.5. The van der Waals surface area contributed by atoms with Gasteiger partial charge in [-0.25, -0.2) is 0 Å². The first-order valence-corrected chi connectivity index (χ1v) is 8.16. The van der Waals surface area contributed by atoms with Gasteiger partial charge in [0, 0.05) is 15.8 Å². The van der Waals surface area contributed by atoms with Gasteiger partial charge in [0.15, 0.2) is 0 Å². The maximum Gasteiger partial charge on any atom is 0.305 e. The number of nitrogens with one attached hydrogen (secondary N) is 1. The van der Waals surface area contributed by atoms with Crippen molar-refractivity contribution < 1.29 is 14.5 Å². The van der Waals surface area contributed by atoms with Gasteiger partial charge in [-0.05, 0) is 45.4 Å². The zero-order valence-electron chi connectivity index (χ0n) is 12.1. The van der Waals surface area contributed by atoms with E-state index in [1.54, 1.807) is 6.92 Å². The van der Waals surface area contributed by atoms with Crippen LogP contribution in [0.4, 0.5) is 0 Å². The third kappa shape index (κ3) is 4.77. The van der Waals surface area contributed by atoms with Gasteiger partial charge in [-0.15, -0.1) is 4.72 Å². The average molecular weight is 362 g/mol. The summed E-state index contributed by atoms with van der Waals surface area (Å²) in [6, 6.07) is 7.38. The molecule has 1 aromatic rings. The van der Waals surface area contributed by atoms with Gasteiger partial charge in [0.25, 0.3) is 0 Å². The van der Waals surface area contributed by atoms with Crippen LogP contribution in [0, 0.1) is 0 Å². The molecule has 6 heteroatoms. The van der Waals surface area contributed by atoms with Gasteiger partial charge in [-0.3, -0.25) is 4.79 Å². The minimum Gasteiger partial charge on any atom is -0.598 e. The van der Waals surface area contributed by atoms with Gasteiger partial charge in [0.05, 0.1) is 12.0 Å². The fraction of sp³-hybridized carbons (Fsp3) is 0.500. The second-order valence-electron chi connectivity index (χ2n) is 5.90. The largest absolute Gasteiger partial charge is 0.598 e. The quantitative estimate of drug-likeness (QED) is 0.789. The van der Waals surface area contributed by atoms with E-state index < -0.39 is 27.6 Å². The van der Waals surface area contributed by atoms with Crippen molar-refractivity contribution in [3.8, 4) is 0 Å². The molecule has 20 heavy (non-hydrogen) atoms. The number of aliphatic carboxylic acids is 1. The lowest BCUT2D eigenvalue weighted by atomic mass is 9.90. The Balaban J connectivity index is 3.13. The Bertz CT molecular complexity index is 490. The molecule has 0 aliphatic carbocycles. The maximum absolute atomic E-state index is 12.3. The fourth-order valence-electron chi connectivity index (χ4n) is 1.69. The number of halogens is 1. The van der Waals surface area contributed by atoms with Crippen LogP contribution < -0.4 is 4.72 Å². The molecule has 2 N–H and O–H groups in total. The Morgan fingerprint density at radius 3 is 2.45 bits per heavy atom. The summed E-state index contributed by atoms with van der Waals surface area (Å²) in [5, 5.41) is 9.14. The van der Waals surface area contributed by atoms with Crippen molar-refractivity contribution in [2.24, 2.45) is 0 Å². The summed E-state index contributed by atoms with van der Waals surface area (Å²) in [6.07, 6.45) is -0.148. The molecule has 0 heterocycles. The van der Waals surface area contributed by atoms with Gasteiger partial charge in [-0.2, -0.15) is 0 Å². The van der Waals surface area contributed by atoms with Crippen molar-refractivity contribution in [1.82, 2.24) is 4.72 Å². The van der Waals surface area contributed by atoms with Gasteiger partial charge in [-0.1, -0.05) is 28.1 Å². The van der Waals surface area contributed by atoms with Gasteiger partial charge in [0.2, 0.25) is 0 Å². The molecule has 0 fully saturated rings. The van der Waals surface area contributed by atoms with Crippen LogP contribution >= 0.6 is 15.9 Å². The Hall–Kier alpha value is -0.560. The van der Waals surface area contributed by atoms with Crippen LogP contribution in [0.5, 0.6) is 0 Å². The van der Waals surface area contributed by atoms with E-state index in [0.29, 0.717) is 0 Å². The second-order valence-corrected chi connectivity index (χ2v) is 8.78. The zero-order chi connectivity index (χ0) is 15.6. The first-order chi connectivity index (χ1) is 9.04. The first-order valence-electron chi connectivity index (χ1n) is 6.22. The summed E-state index contributed by atoms with van der Waals surface area (Å²) in [5.74, 6) is -0.939. The summed E-state index contributed by atoms with van der Waals surface area (Å²) in [6.45, 7) is 7.29. The van der Waals surface area contributed by atoms with Gasteiger partial charge in [0.1, 0.15) is 4.75 Å². The third-order valence-corrected chi connectivity index (χ3v) is 5.08. The molecule has 0 aliphatic rings. The van der Waals surface area contributed by atoms with Crippen LogP contribution in [-0.4, -0.2) is 20.4 Å². The lowest BCUT2D eigenvalue weighted by Crippen LogP contribution is -2.50. The highest BCUT2D eigenvalue weighted by atomic mass is 79.9. The van der Waals surface area contributed by atoms with Crippen molar-refractivity contribution >= 4 is 33.3 Å². The number of rotatable bonds is 5. The van der Waals surface area contributed by atoms with Crippen LogP contribution in [0.1, 0.15) is 39.7 Å². The van der Waals surface area contributed by atoms with Crippen LogP contribution in [-0.2, 0) is 21.7 Å². The van der Waals surface area contributed by atoms with Crippen molar-refractivity contribution in [3.05, 3.63) is 34.3 Å². The van der Waals surface area contributed by atoms with E-state index in [1.165, 1.54) is 0 Å². The molecule has 0 spiro atoms. The number of carbonyl (C=O) groups is 1. The Labute approximate surface area is 131 Å². The van der Waals surface area contributed by atoms with Crippen molar-refractivity contribution in [3.63, 3.8) is 0 Å². The van der Waals surface area contributed by atoms with Crippen molar-refractivity contribution in [2.75, 3.05) is 0 Å². The number of carboxylic acid groups (broad SMARTS) is 1. The molecule has 2 unspecified atom stereocenters. The smallest absolute Gasteiger partial charge is 0.305 e. The molecule has 1 rings (SSSR count). The highest BCUT2D eigenvalue weighted by Gasteiger charge is 2.38. The van der Waals surface area contributed by atoms with E-state index in [0.717, 1.165) is 10.0 Å². The average Bonchev–Trinajstić information content (AvgIpc) is 2.26. The Morgan fingerprint density at radius 1 is 1.40 bits per heavy atom. The highest BCUT2D eigenvalue weighted by molar-refractivity contribution is 9.10. The van der Waals surface area contributed by atoms with E-state index in [9.17, 15) is 9.35 Å². The fourth-order valence-corrected chi connectivity index (χ4v) is 2.99. The summed E-state index contributed by atoms with van der Waals surface area (Å²) in [7, 11) is 0. The lowest BCUT2D eigenvalue weighted by molar-refractivity contribution is -0.138. The molecular formula is C14H20BrNO3S. The molecule has 0 amide bonds. The van der Waals surface area contributed by atoms with E-state index in [4.69, 9.17) is 5.11 Å². The number of hydrogen-bond acceptors (Lipinski definition) is 3. The second kappa shape index (κ2) is 6.47. The molecule has 2 atom stereocenters. The van der Waals surface area contributed by atoms with Crippen LogP contribution in [0.2, 0.25) is 0 Å². The molecule has 112 valence electrons. The van der Waals surface area contributed by atoms with Gasteiger partial charge < -0.3 is 9.66 Å². The minimum absolute atomic E-state index is 0.148.